The zero-order valence-corrected chi connectivity index (χ0v) is 11.6. The van der Waals surface area contributed by atoms with Gasteiger partial charge in [0.15, 0.2) is 5.82 Å². The van der Waals surface area contributed by atoms with Crippen LogP contribution in [-0.2, 0) is 0 Å². The van der Waals surface area contributed by atoms with Crippen molar-refractivity contribution in [1.29, 1.82) is 0 Å². The normalized spacial score (nSPS) is 11.8. The zero-order valence-electron chi connectivity index (χ0n) is 10.7. The number of phenols is 1. The molecule has 0 spiro atoms. The van der Waals surface area contributed by atoms with Crippen molar-refractivity contribution < 1.29 is 5.11 Å². The molecule has 2 heterocycles. The number of nitrogens with zero attached hydrogens (tertiary/aromatic N) is 3. The highest BCUT2D eigenvalue weighted by Crippen LogP contribution is 2.24. The molecule has 5 nitrogen and oxygen atoms in total. The largest absolute Gasteiger partial charge is 0.507 e. The summed E-state index contributed by atoms with van der Waals surface area (Å²) in [5.74, 6) is 0.866. The lowest BCUT2D eigenvalue weighted by Gasteiger charge is -2.05. The third kappa shape index (κ3) is 2.33. The van der Waals surface area contributed by atoms with E-state index in [9.17, 15) is 5.11 Å². The van der Waals surface area contributed by atoms with Crippen molar-refractivity contribution in [3.8, 4) is 5.75 Å². The maximum atomic E-state index is 9.78. The van der Waals surface area contributed by atoms with Crippen molar-refractivity contribution in [2.45, 2.75) is 6.92 Å². The summed E-state index contributed by atoms with van der Waals surface area (Å²) in [6, 6.07) is 9.04. The molecule has 0 aliphatic carbocycles. The second kappa shape index (κ2) is 5.26. The van der Waals surface area contributed by atoms with Crippen LogP contribution in [0.5, 0.6) is 5.75 Å². The van der Waals surface area contributed by atoms with Crippen LogP contribution in [0.15, 0.2) is 47.1 Å². The third-order valence-electron chi connectivity index (χ3n) is 2.89. The number of thiophene rings is 1. The van der Waals surface area contributed by atoms with Gasteiger partial charge >= 0.3 is 0 Å². The number of fused-ring (bicyclic) bond motifs is 1. The highest BCUT2D eigenvalue weighted by atomic mass is 32.1. The van der Waals surface area contributed by atoms with Crippen molar-refractivity contribution in [1.82, 2.24) is 9.97 Å². The Balaban J connectivity index is 1.90. The zero-order chi connectivity index (χ0) is 13.9. The maximum Gasteiger partial charge on any atom is 0.158 e. The maximum absolute atomic E-state index is 9.78. The number of hydrazone groups is 1. The molecule has 0 radical (unpaired) electrons. The van der Waals surface area contributed by atoms with Gasteiger partial charge < -0.3 is 5.11 Å². The smallest absolute Gasteiger partial charge is 0.158 e. The molecule has 1 aromatic carbocycles. The number of para-hydroxylation sites is 1. The number of rotatable bonds is 3. The second-order valence-corrected chi connectivity index (χ2v) is 5.08. The standard InChI is InChI=1S/C14H12N4OS/c1-9(10-4-2-3-5-12(10)19)17-18-13-11-6-7-20-14(11)16-8-15-13/h2-8,19H,1H3,(H,15,16,18)/b17-9-. The number of aromatic nitrogens is 2. The number of anilines is 1. The van der Waals surface area contributed by atoms with E-state index in [-0.39, 0.29) is 5.75 Å². The van der Waals surface area contributed by atoms with Gasteiger partial charge in [-0.1, -0.05) is 12.1 Å². The molecule has 3 aromatic rings. The van der Waals surface area contributed by atoms with Crippen molar-refractivity contribution in [3.05, 3.63) is 47.6 Å². The van der Waals surface area contributed by atoms with E-state index in [1.54, 1.807) is 23.5 Å². The number of phenolic OH excluding ortho intramolecular Hbond substituents is 1. The first kappa shape index (κ1) is 12.6. The predicted octanol–water partition coefficient (Wildman–Crippen LogP) is 3.23. The molecular formula is C14H12N4OS. The molecular weight excluding hydrogens is 272 g/mol. The SMILES string of the molecule is C/C(=N/Nc1ncnc2sccc12)c1ccccc1O. The predicted molar refractivity (Wildman–Crippen MR) is 81.4 cm³/mol. The summed E-state index contributed by atoms with van der Waals surface area (Å²) in [7, 11) is 0. The van der Waals surface area contributed by atoms with Crippen molar-refractivity contribution in [3.63, 3.8) is 0 Å². The molecule has 100 valence electrons. The van der Waals surface area contributed by atoms with Crippen molar-refractivity contribution >= 4 is 33.1 Å². The number of hydrogen-bond acceptors (Lipinski definition) is 6. The molecule has 20 heavy (non-hydrogen) atoms. The van der Waals surface area contributed by atoms with Crippen LogP contribution < -0.4 is 5.43 Å². The Morgan fingerprint density at radius 2 is 2.10 bits per heavy atom. The van der Waals surface area contributed by atoms with Gasteiger partial charge in [-0.05, 0) is 30.5 Å². The van der Waals surface area contributed by atoms with Gasteiger partial charge in [0.05, 0.1) is 11.1 Å². The summed E-state index contributed by atoms with van der Waals surface area (Å²) in [4.78, 5) is 9.28. The van der Waals surface area contributed by atoms with Crippen LogP contribution in [-0.4, -0.2) is 20.8 Å². The van der Waals surface area contributed by atoms with Crippen LogP contribution in [0.4, 0.5) is 5.82 Å². The first-order chi connectivity index (χ1) is 9.75. The monoisotopic (exact) mass is 284 g/mol. The van der Waals surface area contributed by atoms with E-state index in [0.717, 1.165) is 10.2 Å². The minimum atomic E-state index is 0.207. The molecule has 2 N–H and O–H groups in total. The van der Waals surface area contributed by atoms with Crippen LogP contribution >= 0.6 is 11.3 Å². The first-order valence-corrected chi connectivity index (χ1v) is 6.90. The molecule has 0 bridgehead atoms. The van der Waals surface area contributed by atoms with Gasteiger partial charge in [-0.3, -0.25) is 5.43 Å². The Kier molecular flexibility index (Phi) is 3.30. The third-order valence-corrected chi connectivity index (χ3v) is 3.71. The first-order valence-electron chi connectivity index (χ1n) is 6.02. The van der Waals surface area contributed by atoms with Crippen LogP contribution in [0, 0.1) is 0 Å². The van der Waals surface area contributed by atoms with Gasteiger partial charge in [-0.15, -0.1) is 11.3 Å². The quantitative estimate of drug-likeness (QED) is 0.572. The summed E-state index contributed by atoms with van der Waals surface area (Å²) >= 11 is 1.55. The second-order valence-electron chi connectivity index (χ2n) is 4.19. The van der Waals surface area contributed by atoms with E-state index >= 15 is 0 Å². The van der Waals surface area contributed by atoms with Gasteiger partial charge in [-0.25, -0.2) is 9.97 Å². The van der Waals surface area contributed by atoms with E-state index in [2.05, 4.69) is 20.5 Å². The molecule has 0 saturated carbocycles. The summed E-state index contributed by atoms with van der Waals surface area (Å²) in [5.41, 5.74) is 4.31. The van der Waals surface area contributed by atoms with E-state index in [4.69, 9.17) is 0 Å². The lowest BCUT2D eigenvalue weighted by Crippen LogP contribution is -2.01. The van der Waals surface area contributed by atoms with E-state index in [0.29, 0.717) is 17.1 Å². The van der Waals surface area contributed by atoms with Gasteiger partial charge in [0.25, 0.3) is 0 Å². The fraction of sp³-hybridized carbons (Fsp3) is 0.0714. The molecule has 6 heteroatoms. The number of nitrogens with one attached hydrogen (secondary N) is 1. The minimum absolute atomic E-state index is 0.207. The average molecular weight is 284 g/mol. The van der Waals surface area contributed by atoms with Crippen molar-refractivity contribution in [2.24, 2.45) is 5.10 Å². The molecule has 0 unspecified atom stereocenters. The van der Waals surface area contributed by atoms with E-state index in [1.807, 2.05) is 30.5 Å². The van der Waals surface area contributed by atoms with Crippen LogP contribution in [0.3, 0.4) is 0 Å². The molecule has 2 aromatic heterocycles. The fourth-order valence-corrected chi connectivity index (χ4v) is 2.59. The van der Waals surface area contributed by atoms with Crippen molar-refractivity contribution in [2.75, 3.05) is 5.43 Å². The lowest BCUT2D eigenvalue weighted by atomic mass is 10.1. The Morgan fingerprint density at radius 1 is 1.25 bits per heavy atom. The molecule has 0 aliphatic heterocycles. The van der Waals surface area contributed by atoms with E-state index in [1.165, 1.54) is 6.33 Å². The molecule has 0 saturated heterocycles. The molecule has 3 rings (SSSR count). The topological polar surface area (TPSA) is 70.4 Å². The highest BCUT2D eigenvalue weighted by Gasteiger charge is 2.05. The lowest BCUT2D eigenvalue weighted by molar-refractivity contribution is 0.474. The Bertz CT molecular complexity index is 781. The van der Waals surface area contributed by atoms with Crippen LogP contribution in [0.25, 0.3) is 10.2 Å². The molecule has 0 amide bonds. The molecule has 0 atom stereocenters. The number of hydrogen-bond donors (Lipinski definition) is 2. The summed E-state index contributed by atoms with van der Waals surface area (Å²) in [6.45, 7) is 1.83. The van der Waals surface area contributed by atoms with Gasteiger partial charge in [-0.2, -0.15) is 5.10 Å². The molecule has 0 aliphatic rings. The number of benzene rings is 1. The van der Waals surface area contributed by atoms with Gasteiger partial charge in [0, 0.05) is 5.56 Å². The Morgan fingerprint density at radius 3 is 2.95 bits per heavy atom. The van der Waals surface area contributed by atoms with Gasteiger partial charge in [0.2, 0.25) is 0 Å². The van der Waals surface area contributed by atoms with Gasteiger partial charge in [0.1, 0.15) is 16.9 Å². The summed E-state index contributed by atoms with van der Waals surface area (Å²) < 4.78 is 0. The average Bonchev–Trinajstić information content (AvgIpc) is 2.94. The number of aromatic hydroxyl groups is 1. The van der Waals surface area contributed by atoms with E-state index < -0.39 is 0 Å². The summed E-state index contributed by atoms with van der Waals surface area (Å²) in [5, 5.41) is 17.0. The van der Waals surface area contributed by atoms with Crippen LogP contribution in [0.1, 0.15) is 12.5 Å². The Labute approximate surface area is 119 Å². The molecule has 0 fully saturated rings. The minimum Gasteiger partial charge on any atom is -0.507 e. The van der Waals surface area contributed by atoms with Crippen LogP contribution in [0.2, 0.25) is 0 Å². The Hall–Kier alpha value is -2.47. The fourth-order valence-electron chi connectivity index (χ4n) is 1.86. The highest BCUT2D eigenvalue weighted by molar-refractivity contribution is 7.16. The summed E-state index contributed by atoms with van der Waals surface area (Å²) in [6.07, 6.45) is 1.51.